The van der Waals surface area contributed by atoms with Crippen LogP contribution in [0.2, 0.25) is 0 Å². The first-order chi connectivity index (χ1) is 30.0. The van der Waals surface area contributed by atoms with E-state index in [0.717, 1.165) is 44.9 Å². The van der Waals surface area contributed by atoms with E-state index in [2.05, 4.69) is 43.5 Å². The van der Waals surface area contributed by atoms with Crippen molar-refractivity contribution in [3.8, 4) is 0 Å². The van der Waals surface area contributed by atoms with Gasteiger partial charge in [-0.25, -0.2) is 4.57 Å². The number of carbonyl (C=O) groups is 1. The molecule has 0 aliphatic carbocycles. The van der Waals surface area contributed by atoms with Gasteiger partial charge < -0.3 is 19.8 Å². The number of amides is 1. The Morgan fingerprint density at radius 1 is 0.532 bits per heavy atom. The summed E-state index contributed by atoms with van der Waals surface area (Å²) in [5.74, 6) is -0.196. The quantitative estimate of drug-likeness (QED) is 0.0243. The second-order valence-corrected chi connectivity index (χ2v) is 20.7. The number of hydrogen-bond acceptors (Lipinski definition) is 5. The molecule has 0 aromatic heterocycles. The predicted molar refractivity (Wildman–Crippen MR) is 268 cm³/mol. The Morgan fingerprint density at radius 3 is 1.29 bits per heavy atom. The molecule has 0 saturated heterocycles. The summed E-state index contributed by atoms with van der Waals surface area (Å²) in [5, 5.41) is 13.8. The Bertz CT molecular complexity index is 1110. The lowest BCUT2D eigenvalue weighted by Gasteiger charge is -2.25. The molecular formula is C53H104N2O6P+. The van der Waals surface area contributed by atoms with Gasteiger partial charge in [0.1, 0.15) is 13.2 Å². The van der Waals surface area contributed by atoms with Gasteiger partial charge in [0.25, 0.3) is 0 Å². The fraction of sp³-hybridized carbons (Fsp3) is 0.868. The summed E-state index contributed by atoms with van der Waals surface area (Å²) in [6, 6.07) is -0.865. The number of rotatable bonds is 48. The number of likely N-dealkylation sites (N-methyl/N-ethyl adjacent to an activating group) is 1. The molecule has 3 atom stereocenters. The maximum atomic E-state index is 12.8. The number of allylic oxidation sites excluding steroid dienone is 5. The van der Waals surface area contributed by atoms with E-state index in [1.807, 2.05) is 27.2 Å². The maximum absolute atomic E-state index is 12.8. The van der Waals surface area contributed by atoms with Crippen molar-refractivity contribution >= 4 is 13.7 Å². The number of phosphoric ester groups is 1. The van der Waals surface area contributed by atoms with Gasteiger partial charge in [-0.2, -0.15) is 0 Å². The van der Waals surface area contributed by atoms with E-state index in [1.54, 1.807) is 6.08 Å². The molecule has 8 nitrogen and oxygen atoms in total. The van der Waals surface area contributed by atoms with Crippen LogP contribution in [0.25, 0.3) is 0 Å². The highest BCUT2D eigenvalue weighted by molar-refractivity contribution is 7.47. The van der Waals surface area contributed by atoms with Crippen LogP contribution in [-0.4, -0.2) is 73.4 Å². The molecule has 0 aliphatic heterocycles. The summed E-state index contributed by atoms with van der Waals surface area (Å²) in [7, 11) is 1.55. The summed E-state index contributed by atoms with van der Waals surface area (Å²) in [6.45, 7) is 4.76. The van der Waals surface area contributed by atoms with Crippen molar-refractivity contribution in [2.45, 2.75) is 257 Å². The van der Waals surface area contributed by atoms with Crippen molar-refractivity contribution in [1.82, 2.24) is 5.32 Å². The smallest absolute Gasteiger partial charge is 0.387 e. The molecule has 0 aliphatic rings. The highest BCUT2D eigenvalue weighted by Gasteiger charge is 2.27. The fourth-order valence-electron chi connectivity index (χ4n) is 7.66. The number of nitrogens with zero attached hydrogens (tertiary/aromatic N) is 1. The SMILES string of the molecule is CCCCCCCCCCCCCCCCCCCCCCCC/C=C/CC/C=C/CC/C=C/C(O)C(COP(=O)(O)OCC[N+](C)(C)C)NC(=O)CCCCCCCCCC. The molecular weight excluding hydrogens is 792 g/mol. The third-order valence-corrected chi connectivity index (χ3v) is 12.8. The van der Waals surface area contributed by atoms with Crippen LogP contribution in [0.4, 0.5) is 0 Å². The van der Waals surface area contributed by atoms with Gasteiger partial charge in [-0.05, 0) is 44.9 Å². The molecule has 0 radical (unpaired) electrons. The standard InChI is InChI=1S/C53H103N2O6P/c1-6-8-10-12-14-16-17-18-19-20-21-22-23-24-25-26-27-28-29-30-31-32-33-34-35-36-37-38-39-40-42-44-46-52(56)51(50-61-62(58,59)60-49-48-55(3,4)5)54-53(57)47-45-43-41-15-13-11-9-7-2/h34-35,38-39,44,46,51-52,56H,6-33,36-37,40-43,45,47-50H2,1-5H3,(H-,54,57,58,59)/p+1/b35-34+,39-38+,46-44+. The molecule has 3 N–H and O–H groups in total. The predicted octanol–water partition coefficient (Wildman–Crippen LogP) is 15.4. The molecule has 62 heavy (non-hydrogen) atoms. The zero-order valence-electron chi connectivity index (χ0n) is 41.6. The average Bonchev–Trinajstić information content (AvgIpc) is 3.23. The van der Waals surface area contributed by atoms with E-state index >= 15 is 0 Å². The van der Waals surface area contributed by atoms with E-state index < -0.39 is 20.0 Å². The van der Waals surface area contributed by atoms with Gasteiger partial charge >= 0.3 is 7.82 Å². The van der Waals surface area contributed by atoms with Crippen molar-refractivity contribution in [3.05, 3.63) is 36.5 Å². The topological polar surface area (TPSA) is 105 Å². The maximum Gasteiger partial charge on any atom is 0.472 e. The number of quaternary nitrogens is 1. The van der Waals surface area contributed by atoms with E-state index in [1.165, 1.54) is 180 Å². The van der Waals surface area contributed by atoms with Crippen LogP contribution < -0.4 is 5.32 Å². The van der Waals surface area contributed by atoms with E-state index in [9.17, 15) is 19.4 Å². The molecule has 0 spiro atoms. The number of carbonyl (C=O) groups excluding carboxylic acids is 1. The van der Waals surface area contributed by atoms with Gasteiger partial charge in [0.05, 0.1) is 39.9 Å². The molecule has 366 valence electrons. The molecule has 9 heteroatoms. The summed E-state index contributed by atoms with van der Waals surface area (Å²) < 4.78 is 23.5. The lowest BCUT2D eigenvalue weighted by atomic mass is 10.0. The third-order valence-electron chi connectivity index (χ3n) is 11.8. The molecule has 0 fully saturated rings. The second-order valence-electron chi connectivity index (χ2n) is 19.2. The van der Waals surface area contributed by atoms with Crippen molar-refractivity contribution in [2.75, 3.05) is 40.9 Å². The summed E-state index contributed by atoms with van der Waals surface area (Å²) in [6.07, 6.45) is 57.1. The zero-order valence-corrected chi connectivity index (χ0v) is 42.5. The van der Waals surface area contributed by atoms with Gasteiger partial charge in [0.2, 0.25) is 5.91 Å². The van der Waals surface area contributed by atoms with E-state index in [4.69, 9.17) is 9.05 Å². The van der Waals surface area contributed by atoms with Crippen molar-refractivity contribution in [3.63, 3.8) is 0 Å². The van der Waals surface area contributed by atoms with Crippen LogP contribution in [0.15, 0.2) is 36.5 Å². The molecule has 1 amide bonds. The van der Waals surface area contributed by atoms with Crippen LogP contribution in [0.3, 0.4) is 0 Å². The molecule has 0 heterocycles. The number of unbranched alkanes of at least 4 members (excludes halogenated alkanes) is 31. The Morgan fingerprint density at radius 2 is 0.887 bits per heavy atom. The summed E-state index contributed by atoms with van der Waals surface area (Å²) in [4.78, 5) is 23.0. The van der Waals surface area contributed by atoms with Crippen molar-refractivity contribution in [2.24, 2.45) is 0 Å². The van der Waals surface area contributed by atoms with Crippen LogP contribution in [-0.2, 0) is 18.4 Å². The minimum absolute atomic E-state index is 0.0543. The van der Waals surface area contributed by atoms with Gasteiger partial charge in [0.15, 0.2) is 0 Å². The van der Waals surface area contributed by atoms with Gasteiger partial charge in [0, 0.05) is 6.42 Å². The zero-order chi connectivity index (χ0) is 45.7. The number of aliphatic hydroxyl groups is 1. The summed E-state index contributed by atoms with van der Waals surface area (Å²) >= 11 is 0. The highest BCUT2D eigenvalue weighted by Crippen LogP contribution is 2.43. The lowest BCUT2D eigenvalue weighted by molar-refractivity contribution is -0.870. The number of hydrogen-bond donors (Lipinski definition) is 3. The largest absolute Gasteiger partial charge is 0.472 e. The Hall–Kier alpha value is -1.28. The third kappa shape index (κ3) is 46.7. The normalized spacial score (nSPS) is 14.4. The van der Waals surface area contributed by atoms with Crippen molar-refractivity contribution < 1.29 is 32.9 Å². The average molecular weight is 896 g/mol. The molecule has 0 aromatic carbocycles. The van der Waals surface area contributed by atoms with Crippen LogP contribution >= 0.6 is 7.82 Å². The van der Waals surface area contributed by atoms with Gasteiger partial charge in [-0.3, -0.25) is 13.8 Å². The molecule has 3 unspecified atom stereocenters. The number of phosphoric acid groups is 1. The first-order valence-electron chi connectivity index (χ1n) is 26.4. The van der Waals surface area contributed by atoms with Gasteiger partial charge in [-0.15, -0.1) is 0 Å². The summed E-state index contributed by atoms with van der Waals surface area (Å²) in [5.41, 5.74) is 0. The Balaban J connectivity index is 4.07. The Kier molecular flexibility index (Phi) is 44.0. The van der Waals surface area contributed by atoms with E-state index in [-0.39, 0.29) is 19.1 Å². The van der Waals surface area contributed by atoms with Gasteiger partial charge in [-0.1, -0.05) is 230 Å². The minimum Gasteiger partial charge on any atom is -0.387 e. The highest BCUT2D eigenvalue weighted by atomic mass is 31.2. The molecule has 0 saturated carbocycles. The monoisotopic (exact) mass is 896 g/mol. The van der Waals surface area contributed by atoms with Crippen molar-refractivity contribution in [1.29, 1.82) is 0 Å². The number of aliphatic hydroxyl groups excluding tert-OH is 1. The molecule has 0 aromatic rings. The van der Waals surface area contributed by atoms with Crippen LogP contribution in [0, 0.1) is 0 Å². The second kappa shape index (κ2) is 44.9. The molecule has 0 rings (SSSR count). The van der Waals surface area contributed by atoms with Crippen LogP contribution in [0.1, 0.15) is 245 Å². The first-order valence-corrected chi connectivity index (χ1v) is 27.9. The Labute approximate surface area is 385 Å². The number of nitrogens with one attached hydrogen (secondary N) is 1. The molecule has 0 bridgehead atoms. The first kappa shape index (κ1) is 60.7. The minimum atomic E-state index is -4.34. The fourth-order valence-corrected chi connectivity index (χ4v) is 8.40. The lowest BCUT2D eigenvalue weighted by Crippen LogP contribution is -2.45. The van der Waals surface area contributed by atoms with Crippen LogP contribution in [0.5, 0.6) is 0 Å². The van der Waals surface area contributed by atoms with E-state index in [0.29, 0.717) is 17.4 Å².